The number of anilines is 1. The molecule has 2 N–H and O–H groups in total. The molecule has 0 bridgehead atoms. The van der Waals surface area contributed by atoms with Crippen LogP contribution in [0.5, 0.6) is 0 Å². The zero-order valence-electron chi connectivity index (χ0n) is 16.3. The highest BCUT2D eigenvalue weighted by Crippen LogP contribution is 2.29. The van der Waals surface area contributed by atoms with Gasteiger partial charge in [0.05, 0.1) is 12.2 Å². The predicted molar refractivity (Wildman–Crippen MR) is 116 cm³/mol. The van der Waals surface area contributed by atoms with E-state index in [0.717, 1.165) is 29.7 Å². The number of amides is 2. The zero-order valence-corrected chi connectivity index (χ0v) is 17.1. The molecule has 6 heteroatoms. The average molecular weight is 406 g/mol. The van der Waals surface area contributed by atoms with Gasteiger partial charge in [-0.15, -0.1) is 11.3 Å². The van der Waals surface area contributed by atoms with Gasteiger partial charge < -0.3 is 10.6 Å². The summed E-state index contributed by atoms with van der Waals surface area (Å²) in [7, 11) is 0. The number of benzene rings is 2. The third kappa shape index (κ3) is 4.54. The molecule has 0 radical (unpaired) electrons. The van der Waals surface area contributed by atoms with Crippen LogP contribution in [0.4, 0.5) is 5.13 Å². The number of aromatic nitrogens is 1. The molecule has 0 atom stereocenters. The van der Waals surface area contributed by atoms with E-state index in [1.165, 1.54) is 35.3 Å². The van der Waals surface area contributed by atoms with Crippen LogP contribution in [0.2, 0.25) is 0 Å². The van der Waals surface area contributed by atoms with Gasteiger partial charge in [-0.3, -0.25) is 9.59 Å². The third-order valence-electron chi connectivity index (χ3n) is 5.19. The van der Waals surface area contributed by atoms with Gasteiger partial charge in [0, 0.05) is 16.5 Å². The van der Waals surface area contributed by atoms with E-state index in [0.29, 0.717) is 10.7 Å². The average Bonchev–Trinajstić information content (AvgIpc) is 3.20. The van der Waals surface area contributed by atoms with Crippen LogP contribution in [0.3, 0.4) is 0 Å². The number of nitrogens with one attached hydrogen (secondary N) is 2. The molecule has 0 unspecified atom stereocenters. The largest absolute Gasteiger partial charge is 0.343 e. The Labute approximate surface area is 174 Å². The molecule has 0 saturated heterocycles. The molecular weight excluding hydrogens is 382 g/mol. The quantitative estimate of drug-likeness (QED) is 0.662. The van der Waals surface area contributed by atoms with Gasteiger partial charge in [-0.2, -0.15) is 0 Å². The molecule has 0 spiro atoms. The van der Waals surface area contributed by atoms with E-state index in [4.69, 9.17) is 0 Å². The summed E-state index contributed by atoms with van der Waals surface area (Å²) in [5.41, 5.74) is 6.24. The van der Waals surface area contributed by atoms with Crippen molar-refractivity contribution >= 4 is 28.3 Å². The van der Waals surface area contributed by atoms with Crippen LogP contribution < -0.4 is 10.6 Å². The Balaban J connectivity index is 1.36. The molecule has 0 saturated carbocycles. The molecule has 29 heavy (non-hydrogen) atoms. The summed E-state index contributed by atoms with van der Waals surface area (Å²) >= 11 is 1.39. The molecule has 1 aliphatic rings. The van der Waals surface area contributed by atoms with Gasteiger partial charge in [0.2, 0.25) is 5.91 Å². The van der Waals surface area contributed by atoms with E-state index in [-0.39, 0.29) is 18.4 Å². The van der Waals surface area contributed by atoms with Gasteiger partial charge >= 0.3 is 0 Å². The van der Waals surface area contributed by atoms with Gasteiger partial charge in [-0.1, -0.05) is 30.3 Å². The van der Waals surface area contributed by atoms with Crippen LogP contribution in [-0.2, 0) is 17.6 Å². The minimum atomic E-state index is -0.293. The zero-order chi connectivity index (χ0) is 20.2. The van der Waals surface area contributed by atoms with Gasteiger partial charge in [0.15, 0.2) is 5.13 Å². The lowest BCUT2D eigenvalue weighted by Gasteiger charge is -2.16. The molecular formula is C23H23N3O2S. The van der Waals surface area contributed by atoms with Crippen molar-refractivity contribution in [3.8, 4) is 11.3 Å². The van der Waals surface area contributed by atoms with Crippen molar-refractivity contribution in [3.05, 3.63) is 70.1 Å². The lowest BCUT2D eigenvalue weighted by atomic mass is 9.90. The van der Waals surface area contributed by atoms with E-state index in [9.17, 15) is 9.59 Å². The van der Waals surface area contributed by atoms with Gasteiger partial charge in [-0.05, 0) is 61.4 Å². The molecule has 2 aromatic carbocycles. The molecule has 1 heterocycles. The minimum absolute atomic E-state index is 0.0963. The fraction of sp³-hybridized carbons (Fsp3) is 0.261. The Hall–Kier alpha value is -2.99. The fourth-order valence-corrected chi connectivity index (χ4v) is 4.34. The number of hydrogen-bond donors (Lipinski definition) is 2. The van der Waals surface area contributed by atoms with Crippen molar-refractivity contribution in [1.29, 1.82) is 0 Å². The monoisotopic (exact) mass is 405 g/mol. The van der Waals surface area contributed by atoms with Crippen molar-refractivity contribution in [2.45, 2.75) is 32.6 Å². The predicted octanol–water partition coefficient (Wildman–Crippen LogP) is 4.37. The molecule has 4 rings (SSSR count). The van der Waals surface area contributed by atoms with E-state index in [1.807, 2.05) is 24.4 Å². The van der Waals surface area contributed by atoms with Crippen LogP contribution >= 0.6 is 11.3 Å². The van der Waals surface area contributed by atoms with Crippen LogP contribution in [-0.4, -0.2) is 23.3 Å². The van der Waals surface area contributed by atoms with E-state index in [2.05, 4.69) is 33.8 Å². The van der Waals surface area contributed by atoms with Crippen LogP contribution in [0, 0.1) is 6.92 Å². The highest BCUT2D eigenvalue weighted by atomic mass is 32.1. The van der Waals surface area contributed by atoms with E-state index >= 15 is 0 Å². The van der Waals surface area contributed by atoms with Crippen molar-refractivity contribution in [2.75, 3.05) is 11.9 Å². The summed E-state index contributed by atoms with van der Waals surface area (Å²) in [6.45, 7) is 1.77. The lowest BCUT2D eigenvalue weighted by molar-refractivity contribution is -0.115. The number of rotatable bonds is 5. The smallest absolute Gasteiger partial charge is 0.251 e. The summed E-state index contributed by atoms with van der Waals surface area (Å²) in [6.07, 6.45) is 4.78. The number of carbonyl (C=O) groups excluding carboxylic acids is 2. The molecule has 1 aliphatic carbocycles. The van der Waals surface area contributed by atoms with E-state index < -0.39 is 0 Å². The molecule has 0 aliphatic heterocycles. The first-order valence-electron chi connectivity index (χ1n) is 9.81. The first kappa shape index (κ1) is 19.3. The Morgan fingerprint density at radius 2 is 1.86 bits per heavy atom. The molecule has 5 nitrogen and oxygen atoms in total. The summed E-state index contributed by atoms with van der Waals surface area (Å²) in [5, 5.41) is 7.91. The maximum absolute atomic E-state index is 12.2. The third-order valence-corrected chi connectivity index (χ3v) is 5.95. The maximum atomic E-state index is 12.2. The number of aryl methyl sites for hydroxylation is 3. The van der Waals surface area contributed by atoms with Crippen molar-refractivity contribution in [1.82, 2.24) is 10.3 Å². The second-order valence-electron chi connectivity index (χ2n) is 7.27. The summed E-state index contributed by atoms with van der Waals surface area (Å²) in [4.78, 5) is 29.0. The highest BCUT2D eigenvalue weighted by Gasteiger charge is 2.14. The number of thiazole rings is 1. The van der Waals surface area contributed by atoms with E-state index in [1.54, 1.807) is 12.1 Å². The Kier molecular flexibility index (Phi) is 5.71. The van der Waals surface area contributed by atoms with Crippen LogP contribution in [0.15, 0.2) is 47.8 Å². The van der Waals surface area contributed by atoms with Gasteiger partial charge in [0.1, 0.15) is 0 Å². The summed E-state index contributed by atoms with van der Waals surface area (Å²) < 4.78 is 0. The molecule has 0 fully saturated rings. The van der Waals surface area contributed by atoms with Crippen molar-refractivity contribution in [3.63, 3.8) is 0 Å². The van der Waals surface area contributed by atoms with Crippen LogP contribution in [0.1, 0.15) is 39.9 Å². The fourth-order valence-electron chi connectivity index (χ4n) is 3.60. The lowest BCUT2D eigenvalue weighted by Crippen LogP contribution is -2.33. The molecule has 2 amide bonds. The maximum Gasteiger partial charge on any atom is 0.251 e. The topological polar surface area (TPSA) is 71.1 Å². The highest BCUT2D eigenvalue weighted by molar-refractivity contribution is 7.14. The van der Waals surface area contributed by atoms with Crippen LogP contribution in [0.25, 0.3) is 11.3 Å². The van der Waals surface area contributed by atoms with Gasteiger partial charge in [0.25, 0.3) is 5.91 Å². The standard InChI is InChI=1S/C23H23N3O2S/c1-15-6-2-5-9-19(15)22(28)24-13-21(27)26-23-25-20(14-29-23)18-11-10-16-7-3-4-8-17(16)12-18/h2,5-6,9-12,14H,3-4,7-8,13H2,1H3,(H,24,28)(H,25,26,27). The Morgan fingerprint density at radius 1 is 1.07 bits per heavy atom. The first-order valence-corrected chi connectivity index (χ1v) is 10.7. The minimum Gasteiger partial charge on any atom is -0.343 e. The normalized spacial score (nSPS) is 12.9. The number of nitrogens with zero attached hydrogens (tertiary/aromatic N) is 1. The number of hydrogen-bond acceptors (Lipinski definition) is 4. The molecule has 148 valence electrons. The second kappa shape index (κ2) is 8.57. The second-order valence-corrected chi connectivity index (χ2v) is 8.13. The molecule has 1 aromatic heterocycles. The van der Waals surface area contributed by atoms with Crippen molar-refractivity contribution in [2.24, 2.45) is 0 Å². The SMILES string of the molecule is Cc1ccccc1C(=O)NCC(=O)Nc1nc(-c2ccc3c(c2)CCCC3)cs1. The summed E-state index contributed by atoms with van der Waals surface area (Å²) in [6, 6.07) is 13.8. The Morgan fingerprint density at radius 3 is 2.69 bits per heavy atom. The molecule has 3 aromatic rings. The number of fused-ring (bicyclic) bond motifs is 1. The summed E-state index contributed by atoms with van der Waals surface area (Å²) in [5.74, 6) is -0.551. The van der Waals surface area contributed by atoms with Gasteiger partial charge in [-0.25, -0.2) is 4.98 Å². The Bertz CT molecular complexity index is 1060. The first-order chi connectivity index (χ1) is 14.1. The number of carbonyl (C=O) groups is 2. The van der Waals surface area contributed by atoms with Crippen molar-refractivity contribution < 1.29 is 9.59 Å².